The molecule has 9 nitrogen and oxygen atoms in total. The summed E-state index contributed by atoms with van der Waals surface area (Å²) in [6.07, 6.45) is 5.44. The van der Waals surface area contributed by atoms with E-state index in [1.807, 2.05) is 15.5 Å². The van der Waals surface area contributed by atoms with Gasteiger partial charge in [-0.05, 0) is 54.8 Å². The van der Waals surface area contributed by atoms with Crippen LogP contribution in [0.1, 0.15) is 42.9 Å². The van der Waals surface area contributed by atoms with Gasteiger partial charge in [-0.15, -0.1) is 5.10 Å². The summed E-state index contributed by atoms with van der Waals surface area (Å²) in [5.74, 6) is 0.725. The first-order valence-corrected chi connectivity index (χ1v) is 10.6. The number of aryl methyl sites for hydroxylation is 1. The minimum Gasteiger partial charge on any atom is -0.342 e. The average Bonchev–Trinajstić information content (AvgIpc) is 3.42. The third-order valence-corrected chi connectivity index (χ3v) is 6.57. The molecule has 154 valence electrons. The van der Waals surface area contributed by atoms with Crippen molar-refractivity contribution in [1.29, 1.82) is 0 Å². The molecule has 2 saturated heterocycles. The second kappa shape index (κ2) is 7.70. The van der Waals surface area contributed by atoms with Gasteiger partial charge in [-0.25, -0.2) is 4.68 Å². The largest absolute Gasteiger partial charge is 0.342 e. The number of pyridine rings is 1. The molecule has 0 spiro atoms. The zero-order valence-electron chi connectivity index (χ0n) is 16.6. The van der Waals surface area contributed by atoms with Crippen molar-refractivity contribution in [2.75, 3.05) is 26.2 Å². The van der Waals surface area contributed by atoms with Crippen LogP contribution in [0.5, 0.6) is 0 Å². The van der Waals surface area contributed by atoms with Gasteiger partial charge >= 0.3 is 0 Å². The number of fused-ring (bicyclic) bond motifs is 4. The van der Waals surface area contributed by atoms with Gasteiger partial charge in [0.15, 0.2) is 0 Å². The van der Waals surface area contributed by atoms with Gasteiger partial charge in [0.25, 0.3) is 5.56 Å². The summed E-state index contributed by atoms with van der Waals surface area (Å²) in [7, 11) is 0. The van der Waals surface area contributed by atoms with Crippen LogP contribution in [0.3, 0.4) is 0 Å². The molecular weight excluding hydrogens is 370 g/mol. The number of nitrogens with zero attached hydrogens (tertiary/aromatic N) is 7. The number of aromatic nitrogens is 5. The number of tetrazole rings is 1. The van der Waals surface area contributed by atoms with E-state index in [1.165, 1.54) is 19.2 Å². The van der Waals surface area contributed by atoms with Gasteiger partial charge in [-0.1, -0.05) is 6.07 Å². The van der Waals surface area contributed by atoms with Gasteiger partial charge in [0.1, 0.15) is 6.33 Å². The lowest BCUT2D eigenvalue weighted by molar-refractivity contribution is -0.134. The number of carbonyl (C=O) groups excluding carboxylic acids is 1. The van der Waals surface area contributed by atoms with Crippen LogP contribution in [-0.2, 0) is 24.4 Å². The predicted octanol–water partition coefficient (Wildman–Crippen LogP) is 0.467. The highest BCUT2D eigenvalue weighted by atomic mass is 16.2. The first-order chi connectivity index (χ1) is 14.2. The second-order valence-corrected chi connectivity index (χ2v) is 8.60. The maximum atomic E-state index is 13.1. The highest BCUT2D eigenvalue weighted by Crippen LogP contribution is 2.35. The van der Waals surface area contributed by atoms with Crippen molar-refractivity contribution in [3.05, 3.63) is 40.1 Å². The molecule has 2 aromatic rings. The van der Waals surface area contributed by atoms with E-state index in [4.69, 9.17) is 0 Å². The monoisotopic (exact) mass is 397 g/mol. The Kier molecular flexibility index (Phi) is 4.91. The molecule has 0 aromatic carbocycles. The molecule has 2 bridgehead atoms. The molecule has 5 heterocycles. The summed E-state index contributed by atoms with van der Waals surface area (Å²) in [6.45, 7) is 5.57. The summed E-state index contributed by atoms with van der Waals surface area (Å²) < 4.78 is 3.58. The maximum absolute atomic E-state index is 13.1. The van der Waals surface area contributed by atoms with Crippen molar-refractivity contribution in [1.82, 2.24) is 34.6 Å². The Morgan fingerprint density at radius 2 is 2.00 bits per heavy atom. The molecule has 29 heavy (non-hydrogen) atoms. The Bertz CT molecular complexity index is 933. The third kappa shape index (κ3) is 3.71. The van der Waals surface area contributed by atoms with Crippen LogP contribution in [0.4, 0.5) is 0 Å². The Hall–Kier alpha value is -2.55. The lowest BCUT2D eigenvalue weighted by Crippen LogP contribution is -2.49. The van der Waals surface area contributed by atoms with E-state index in [9.17, 15) is 9.59 Å². The van der Waals surface area contributed by atoms with Crippen LogP contribution in [-0.4, -0.2) is 66.7 Å². The Labute approximate surface area is 169 Å². The zero-order chi connectivity index (χ0) is 19.8. The van der Waals surface area contributed by atoms with E-state index in [2.05, 4.69) is 26.5 Å². The van der Waals surface area contributed by atoms with E-state index < -0.39 is 0 Å². The Morgan fingerprint density at radius 3 is 2.79 bits per heavy atom. The minimum atomic E-state index is 0.136. The van der Waals surface area contributed by atoms with Crippen molar-refractivity contribution < 1.29 is 4.79 Å². The zero-order valence-corrected chi connectivity index (χ0v) is 16.6. The number of likely N-dealkylation sites (tertiary alicyclic amines) is 2. The van der Waals surface area contributed by atoms with E-state index in [-0.39, 0.29) is 17.4 Å². The molecule has 9 heteroatoms. The fourth-order valence-electron chi connectivity index (χ4n) is 5.15. The normalized spacial score (nSPS) is 23.9. The van der Waals surface area contributed by atoms with Gasteiger partial charge in [0, 0.05) is 49.8 Å². The Balaban J connectivity index is 1.29. The molecule has 3 aliphatic rings. The van der Waals surface area contributed by atoms with Crippen LogP contribution < -0.4 is 5.56 Å². The minimum absolute atomic E-state index is 0.136. The molecule has 0 unspecified atom stereocenters. The number of piperidine rings is 1. The summed E-state index contributed by atoms with van der Waals surface area (Å²) >= 11 is 0. The second-order valence-electron chi connectivity index (χ2n) is 8.60. The maximum Gasteiger partial charge on any atom is 0.255 e. The van der Waals surface area contributed by atoms with Crippen LogP contribution in [0.2, 0.25) is 0 Å². The standard InChI is InChI=1S/C20H27N7O2/c28-19(5-8-26-14-21-22-23-26)25-10-15-9-17(13-25)18-4-3-16(20(29)27(18)11-15)12-24-6-1-2-7-24/h3-4,14-15,17H,1-2,5-13H2/t15-,17+/m0/s1. The van der Waals surface area contributed by atoms with E-state index in [0.717, 1.165) is 50.4 Å². The van der Waals surface area contributed by atoms with Crippen molar-refractivity contribution in [2.45, 2.75) is 51.2 Å². The SMILES string of the molecule is O=C(CCn1cnnn1)N1C[C@@H]2C[C@H](C1)c1ccc(CN3CCCC3)c(=O)n1C2. The van der Waals surface area contributed by atoms with Crippen molar-refractivity contribution in [2.24, 2.45) is 5.92 Å². The van der Waals surface area contributed by atoms with E-state index in [0.29, 0.717) is 25.4 Å². The number of carbonyl (C=O) groups is 1. The lowest BCUT2D eigenvalue weighted by atomic mass is 9.83. The molecule has 3 aliphatic heterocycles. The van der Waals surface area contributed by atoms with Crippen LogP contribution in [0, 0.1) is 5.92 Å². The van der Waals surface area contributed by atoms with Gasteiger partial charge in [-0.2, -0.15) is 0 Å². The molecule has 0 N–H and O–H groups in total. The summed E-state index contributed by atoms with van der Waals surface area (Å²) in [6, 6.07) is 4.15. The first-order valence-electron chi connectivity index (χ1n) is 10.6. The Morgan fingerprint density at radius 1 is 1.14 bits per heavy atom. The quantitative estimate of drug-likeness (QED) is 0.729. The highest BCUT2D eigenvalue weighted by Gasteiger charge is 2.36. The molecule has 5 rings (SSSR count). The summed E-state index contributed by atoms with van der Waals surface area (Å²) in [4.78, 5) is 30.2. The molecule has 2 atom stereocenters. The van der Waals surface area contributed by atoms with E-state index >= 15 is 0 Å². The van der Waals surface area contributed by atoms with Gasteiger partial charge < -0.3 is 9.47 Å². The van der Waals surface area contributed by atoms with Gasteiger partial charge in [-0.3, -0.25) is 14.5 Å². The smallest absolute Gasteiger partial charge is 0.255 e. The molecular formula is C20H27N7O2. The topological polar surface area (TPSA) is 89.2 Å². The van der Waals surface area contributed by atoms with Crippen molar-refractivity contribution in [3.63, 3.8) is 0 Å². The molecule has 2 fully saturated rings. The van der Waals surface area contributed by atoms with Gasteiger partial charge in [0.2, 0.25) is 5.91 Å². The van der Waals surface area contributed by atoms with Crippen LogP contribution >= 0.6 is 0 Å². The number of amides is 1. The fraction of sp³-hybridized carbons (Fsp3) is 0.650. The van der Waals surface area contributed by atoms with E-state index in [1.54, 1.807) is 4.68 Å². The average molecular weight is 397 g/mol. The van der Waals surface area contributed by atoms with Crippen LogP contribution in [0.15, 0.2) is 23.3 Å². The molecule has 0 saturated carbocycles. The molecule has 0 radical (unpaired) electrons. The molecule has 2 aromatic heterocycles. The fourth-order valence-corrected chi connectivity index (χ4v) is 5.15. The summed E-state index contributed by atoms with van der Waals surface area (Å²) in [5.41, 5.74) is 2.17. The first kappa shape index (κ1) is 18.5. The predicted molar refractivity (Wildman–Crippen MR) is 105 cm³/mol. The lowest BCUT2D eigenvalue weighted by Gasteiger charge is -2.43. The van der Waals surface area contributed by atoms with Gasteiger partial charge in [0.05, 0.1) is 6.54 Å². The van der Waals surface area contributed by atoms with Crippen molar-refractivity contribution >= 4 is 5.91 Å². The number of hydrogen-bond donors (Lipinski definition) is 0. The van der Waals surface area contributed by atoms with Crippen molar-refractivity contribution in [3.8, 4) is 0 Å². The third-order valence-electron chi connectivity index (χ3n) is 6.57. The van der Waals surface area contributed by atoms with Crippen LogP contribution in [0.25, 0.3) is 0 Å². The summed E-state index contributed by atoms with van der Waals surface area (Å²) in [5, 5.41) is 11.0. The highest BCUT2D eigenvalue weighted by molar-refractivity contribution is 5.76. The number of hydrogen-bond acceptors (Lipinski definition) is 6. The number of rotatable bonds is 5. The molecule has 1 amide bonds. The molecule has 0 aliphatic carbocycles.